The van der Waals surface area contributed by atoms with Crippen LogP contribution < -0.4 is 20.3 Å². The number of anilines is 1. The van der Waals surface area contributed by atoms with Gasteiger partial charge < -0.3 is 20.3 Å². The van der Waals surface area contributed by atoms with Crippen LogP contribution in [-0.4, -0.2) is 48.5 Å². The monoisotopic (exact) mass is 468 g/mol. The molecule has 8 nitrogen and oxygen atoms in total. The number of pyridine rings is 1. The maximum atomic E-state index is 13.2. The summed E-state index contributed by atoms with van der Waals surface area (Å²) >= 11 is 0. The Morgan fingerprint density at radius 3 is 2.67 bits per heavy atom. The number of fused-ring (bicyclic) bond motifs is 3. The minimum Gasteiger partial charge on any atom is -0.481 e. The highest BCUT2D eigenvalue weighted by molar-refractivity contribution is 6.01. The van der Waals surface area contributed by atoms with Gasteiger partial charge in [-0.05, 0) is 19.4 Å². The number of ether oxygens (including phenoxy) is 1. The van der Waals surface area contributed by atoms with Crippen molar-refractivity contribution >= 4 is 23.4 Å². The van der Waals surface area contributed by atoms with Gasteiger partial charge in [0, 0.05) is 41.8 Å². The minimum absolute atomic E-state index is 0.281. The summed E-state index contributed by atoms with van der Waals surface area (Å²) in [5.41, 5.74) is 0.963. The Morgan fingerprint density at radius 2 is 2.03 bits per heavy atom. The quantitative estimate of drug-likeness (QED) is 0.666. The lowest BCUT2D eigenvalue weighted by Gasteiger charge is -2.26. The predicted molar refractivity (Wildman–Crippen MR) is 113 cm³/mol. The number of hydrogen-bond donors (Lipinski definition) is 2. The van der Waals surface area contributed by atoms with Gasteiger partial charge in [-0.15, -0.1) is 0 Å². The SMILES string of the molecule is COc1ccc2c(n1)N1CCC(C)(C)C1=CC(=O)C2NC(=O)[C@H](C)NC(=O)CCC(F)(F)F. The Bertz CT molecular complexity index is 990. The molecule has 0 spiro atoms. The van der Waals surface area contributed by atoms with Crippen molar-refractivity contribution in [2.24, 2.45) is 5.41 Å². The molecule has 2 aliphatic rings. The van der Waals surface area contributed by atoms with Gasteiger partial charge in [0.2, 0.25) is 17.7 Å². The molecular weight excluding hydrogens is 441 g/mol. The first kappa shape index (κ1) is 24.5. The highest BCUT2D eigenvalue weighted by Gasteiger charge is 2.42. The second kappa shape index (κ2) is 9.03. The molecular formula is C22H27F3N4O4. The Balaban J connectivity index is 1.83. The number of amides is 2. The molecule has 1 fully saturated rings. The Kier molecular flexibility index (Phi) is 6.71. The van der Waals surface area contributed by atoms with Crippen LogP contribution in [0.15, 0.2) is 23.9 Å². The van der Waals surface area contributed by atoms with Crippen molar-refractivity contribution < 1.29 is 32.3 Å². The molecule has 0 aliphatic carbocycles. The van der Waals surface area contributed by atoms with E-state index in [2.05, 4.69) is 15.6 Å². The van der Waals surface area contributed by atoms with Gasteiger partial charge in [0.1, 0.15) is 17.9 Å². The van der Waals surface area contributed by atoms with E-state index in [0.717, 1.165) is 12.1 Å². The molecule has 2 aliphatic heterocycles. The number of hydrogen-bond acceptors (Lipinski definition) is 6. The van der Waals surface area contributed by atoms with Crippen LogP contribution >= 0.6 is 0 Å². The fraction of sp³-hybridized carbons (Fsp3) is 0.545. The van der Waals surface area contributed by atoms with Crippen LogP contribution in [0, 0.1) is 5.41 Å². The van der Waals surface area contributed by atoms with E-state index < -0.39 is 42.9 Å². The highest BCUT2D eigenvalue weighted by atomic mass is 19.4. The molecule has 3 heterocycles. The van der Waals surface area contributed by atoms with Crippen LogP contribution in [0.1, 0.15) is 51.6 Å². The summed E-state index contributed by atoms with van der Waals surface area (Å²) in [7, 11) is 1.48. The number of halogens is 3. The van der Waals surface area contributed by atoms with E-state index in [1.54, 1.807) is 12.1 Å². The molecule has 0 saturated carbocycles. The number of allylic oxidation sites excluding steroid dienone is 1. The van der Waals surface area contributed by atoms with E-state index in [-0.39, 0.29) is 11.2 Å². The van der Waals surface area contributed by atoms with Crippen molar-refractivity contribution in [3.05, 3.63) is 29.5 Å². The number of methoxy groups -OCH3 is 1. The molecule has 1 unspecified atom stereocenters. The highest BCUT2D eigenvalue weighted by Crippen LogP contribution is 2.45. The van der Waals surface area contributed by atoms with Crippen molar-refractivity contribution in [3.8, 4) is 5.88 Å². The second-order valence-electron chi connectivity index (χ2n) is 8.83. The smallest absolute Gasteiger partial charge is 0.389 e. The summed E-state index contributed by atoms with van der Waals surface area (Å²) in [5, 5.41) is 4.86. The van der Waals surface area contributed by atoms with E-state index >= 15 is 0 Å². The van der Waals surface area contributed by atoms with Gasteiger partial charge in [-0.1, -0.05) is 13.8 Å². The molecule has 2 N–H and O–H groups in total. The van der Waals surface area contributed by atoms with Gasteiger partial charge in [-0.25, -0.2) is 0 Å². The molecule has 3 rings (SSSR count). The molecule has 1 saturated heterocycles. The number of aromatic nitrogens is 1. The van der Waals surface area contributed by atoms with Crippen molar-refractivity contribution in [2.45, 2.75) is 58.3 Å². The van der Waals surface area contributed by atoms with E-state index in [0.29, 0.717) is 23.8 Å². The van der Waals surface area contributed by atoms with Crippen LogP contribution in [0.3, 0.4) is 0 Å². The second-order valence-corrected chi connectivity index (χ2v) is 8.83. The lowest BCUT2D eigenvalue weighted by atomic mass is 9.88. The van der Waals surface area contributed by atoms with E-state index in [4.69, 9.17) is 4.74 Å². The molecule has 0 bridgehead atoms. The van der Waals surface area contributed by atoms with E-state index in [9.17, 15) is 27.6 Å². The molecule has 1 aromatic heterocycles. The van der Waals surface area contributed by atoms with Crippen molar-refractivity contribution in [2.75, 3.05) is 18.6 Å². The Hall–Kier alpha value is -3.11. The molecule has 11 heteroatoms. The molecule has 2 atom stereocenters. The fourth-order valence-electron chi connectivity index (χ4n) is 3.92. The van der Waals surface area contributed by atoms with Crippen LogP contribution in [0.5, 0.6) is 5.88 Å². The molecule has 33 heavy (non-hydrogen) atoms. The van der Waals surface area contributed by atoms with Crippen LogP contribution in [0.2, 0.25) is 0 Å². The molecule has 0 aromatic carbocycles. The zero-order valence-corrected chi connectivity index (χ0v) is 18.9. The molecule has 1 aromatic rings. The Morgan fingerprint density at radius 1 is 1.33 bits per heavy atom. The van der Waals surface area contributed by atoms with Gasteiger partial charge in [0.25, 0.3) is 0 Å². The van der Waals surface area contributed by atoms with Gasteiger partial charge in [0.15, 0.2) is 5.78 Å². The third kappa shape index (κ3) is 5.45. The maximum absolute atomic E-state index is 13.2. The molecule has 2 amide bonds. The number of alkyl halides is 3. The minimum atomic E-state index is -4.47. The number of nitrogens with one attached hydrogen (secondary N) is 2. The summed E-state index contributed by atoms with van der Waals surface area (Å²) in [4.78, 5) is 44.1. The van der Waals surface area contributed by atoms with Crippen LogP contribution in [0.4, 0.5) is 19.0 Å². The first-order valence-corrected chi connectivity index (χ1v) is 10.6. The van der Waals surface area contributed by atoms with Crippen LogP contribution in [-0.2, 0) is 14.4 Å². The fourth-order valence-corrected chi connectivity index (χ4v) is 3.92. The van der Waals surface area contributed by atoms with Crippen molar-refractivity contribution in [1.29, 1.82) is 0 Å². The van der Waals surface area contributed by atoms with E-state index in [1.807, 2.05) is 18.7 Å². The summed E-state index contributed by atoms with van der Waals surface area (Å²) < 4.78 is 42.2. The van der Waals surface area contributed by atoms with Gasteiger partial charge in [-0.2, -0.15) is 18.2 Å². The van der Waals surface area contributed by atoms with Crippen LogP contribution in [0.25, 0.3) is 0 Å². The molecule has 0 radical (unpaired) electrons. The maximum Gasteiger partial charge on any atom is 0.389 e. The van der Waals surface area contributed by atoms with Crippen molar-refractivity contribution in [3.63, 3.8) is 0 Å². The summed E-state index contributed by atoms with van der Waals surface area (Å²) in [6, 6.07) is 1.02. The topological polar surface area (TPSA) is 101 Å². The number of carbonyl (C=O) groups is 3. The largest absolute Gasteiger partial charge is 0.481 e. The third-order valence-corrected chi connectivity index (χ3v) is 5.86. The first-order valence-electron chi connectivity index (χ1n) is 10.6. The average molecular weight is 468 g/mol. The summed E-state index contributed by atoms with van der Waals surface area (Å²) in [5.74, 6) is -1.12. The average Bonchev–Trinajstić information content (AvgIpc) is 2.96. The van der Waals surface area contributed by atoms with Crippen molar-refractivity contribution in [1.82, 2.24) is 15.6 Å². The predicted octanol–water partition coefficient (Wildman–Crippen LogP) is 2.80. The zero-order valence-electron chi connectivity index (χ0n) is 18.9. The third-order valence-electron chi connectivity index (χ3n) is 5.86. The number of nitrogens with zero attached hydrogens (tertiary/aromatic N) is 2. The number of ketones is 1. The lowest BCUT2D eigenvalue weighted by Crippen LogP contribution is -2.47. The van der Waals surface area contributed by atoms with Gasteiger partial charge in [-0.3, -0.25) is 14.4 Å². The van der Waals surface area contributed by atoms with Gasteiger partial charge >= 0.3 is 6.18 Å². The Labute approximate surface area is 189 Å². The summed E-state index contributed by atoms with van der Waals surface area (Å²) in [6.45, 7) is 6.01. The zero-order chi connectivity index (χ0) is 24.6. The lowest BCUT2D eigenvalue weighted by molar-refractivity contribution is -0.144. The molecule has 180 valence electrons. The number of rotatable bonds is 6. The normalized spacial score (nSPS) is 20.2. The van der Waals surface area contributed by atoms with E-state index in [1.165, 1.54) is 20.1 Å². The van der Waals surface area contributed by atoms with Gasteiger partial charge in [0.05, 0.1) is 13.5 Å². The summed E-state index contributed by atoms with van der Waals surface area (Å²) in [6.07, 6.45) is -4.23. The standard InChI is InChI=1S/C22H27F3N4O4/c1-12(26-16(31)7-8-22(23,24)25)20(32)28-18-13-5-6-17(33-4)27-19(13)29-10-9-21(2,3)15(29)11-14(18)30/h5-6,11-12,18H,7-10H2,1-4H3,(H,26,31)(H,28,32)/t12-,18?/m0/s1. The first-order chi connectivity index (χ1) is 15.3. The number of carbonyl (C=O) groups excluding carboxylic acids is 3.